The van der Waals surface area contributed by atoms with E-state index in [9.17, 15) is 4.79 Å². The molecule has 78 valence electrons. The first-order chi connectivity index (χ1) is 7.02. The van der Waals surface area contributed by atoms with Gasteiger partial charge in [-0.3, -0.25) is 4.79 Å². The van der Waals surface area contributed by atoms with Crippen LogP contribution in [0.4, 0.5) is 0 Å². The SMILES string of the molecule is Cc1ccc2c(c1C)c(=O)cc(C)n2C. The van der Waals surface area contributed by atoms with E-state index in [0.717, 1.165) is 22.2 Å². The van der Waals surface area contributed by atoms with Crippen LogP contribution in [-0.4, -0.2) is 4.57 Å². The summed E-state index contributed by atoms with van der Waals surface area (Å²) in [5.41, 5.74) is 4.40. The summed E-state index contributed by atoms with van der Waals surface area (Å²) in [6.07, 6.45) is 0. The fourth-order valence-electron chi connectivity index (χ4n) is 1.94. The van der Waals surface area contributed by atoms with Crippen molar-refractivity contribution in [2.45, 2.75) is 20.8 Å². The van der Waals surface area contributed by atoms with Gasteiger partial charge in [-0.05, 0) is 38.0 Å². The fraction of sp³-hybridized carbons (Fsp3) is 0.308. The molecule has 0 spiro atoms. The molecule has 0 fully saturated rings. The summed E-state index contributed by atoms with van der Waals surface area (Å²) in [5, 5.41) is 0.850. The quantitative estimate of drug-likeness (QED) is 0.641. The highest BCUT2D eigenvalue weighted by molar-refractivity contribution is 5.83. The first-order valence-corrected chi connectivity index (χ1v) is 5.09. The number of fused-ring (bicyclic) bond motifs is 1. The Bertz CT molecular complexity index is 593. The number of hydrogen-bond donors (Lipinski definition) is 0. The maximum atomic E-state index is 11.9. The Morgan fingerprint density at radius 3 is 2.47 bits per heavy atom. The number of nitrogens with zero attached hydrogens (tertiary/aromatic N) is 1. The minimum atomic E-state index is 0.127. The van der Waals surface area contributed by atoms with E-state index >= 15 is 0 Å². The third-order valence-corrected chi connectivity index (χ3v) is 3.19. The monoisotopic (exact) mass is 201 g/mol. The van der Waals surface area contributed by atoms with Gasteiger partial charge in [-0.2, -0.15) is 0 Å². The molecule has 15 heavy (non-hydrogen) atoms. The molecule has 0 aliphatic carbocycles. The van der Waals surface area contributed by atoms with Crippen molar-refractivity contribution in [1.82, 2.24) is 4.57 Å². The van der Waals surface area contributed by atoms with Gasteiger partial charge in [0, 0.05) is 24.2 Å². The van der Waals surface area contributed by atoms with E-state index in [1.54, 1.807) is 6.07 Å². The molecule has 0 saturated heterocycles. The van der Waals surface area contributed by atoms with Gasteiger partial charge < -0.3 is 4.57 Å². The Kier molecular flexibility index (Phi) is 2.14. The lowest BCUT2D eigenvalue weighted by Crippen LogP contribution is -2.10. The predicted octanol–water partition coefficient (Wildman–Crippen LogP) is 2.46. The molecule has 0 atom stereocenters. The lowest BCUT2D eigenvalue weighted by molar-refractivity contribution is 0.897. The zero-order valence-electron chi connectivity index (χ0n) is 9.59. The minimum absolute atomic E-state index is 0.127. The van der Waals surface area contributed by atoms with E-state index in [1.807, 2.05) is 33.9 Å². The van der Waals surface area contributed by atoms with Crippen LogP contribution in [0, 0.1) is 20.8 Å². The second kappa shape index (κ2) is 3.23. The van der Waals surface area contributed by atoms with Crippen molar-refractivity contribution >= 4 is 10.9 Å². The highest BCUT2D eigenvalue weighted by Gasteiger charge is 2.07. The number of rotatable bonds is 0. The molecule has 2 aromatic rings. The van der Waals surface area contributed by atoms with Crippen LogP contribution in [0.1, 0.15) is 16.8 Å². The van der Waals surface area contributed by atoms with E-state index in [1.165, 1.54) is 5.56 Å². The number of pyridine rings is 1. The highest BCUT2D eigenvalue weighted by atomic mass is 16.1. The van der Waals surface area contributed by atoms with Gasteiger partial charge in [-0.1, -0.05) is 6.07 Å². The van der Waals surface area contributed by atoms with Crippen molar-refractivity contribution in [3.8, 4) is 0 Å². The minimum Gasteiger partial charge on any atom is -0.348 e. The summed E-state index contributed by atoms with van der Waals surface area (Å²) in [5.74, 6) is 0. The summed E-state index contributed by atoms with van der Waals surface area (Å²) in [6, 6.07) is 5.79. The first kappa shape index (κ1) is 9.97. The summed E-state index contributed by atoms with van der Waals surface area (Å²) in [4.78, 5) is 11.9. The highest BCUT2D eigenvalue weighted by Crippen LogP contribution is 2.18. The van der Waals surface area contributed by atoms with Gasteiger partial charge in [0.2, 0.25) is 0 Å². The standard InChI is InChI=1S/C13H15NO/c1-8-5-6-11-13(10(8)3)12(15)7-9(2)14(11)4/h5-7H,1-4H3. The van der Waals surface area contributed by atoms with E-state index in [4.69, 9.17) is 0 Å². The molecule has 0 N–H and O–H groups in total. The lowest BCUT2D eigenvalue weighted by Gasteiger charge is -2.11. The van der Waals surface area contributed by atoms with Crippen LogP contribution in [-0.2, 0) is 7.05 Å². The van der Waals surface area contributed by atoms with Crippen LogP contribution in [0.3, 0.4) is 0 Å². The Labute approximate surface area is 89.2 Å². The second-order valence-corrected chi connectivity index (χ2v) is 4.11. The Morgan fingerprint density at radius 2 is 1.80 bits per heavy atom. The van der Waals surface area contributed by atoms with E-state index in [0.29, 0.717) is 0 Å². The molecule has 0 bridgehead atoms. The van der Waals surface area contributed by atoms with Crippen LogP contribution in [0.25, 0.3) is 10.9 Å². The van der Waals surface area contributed by atoms with Crippen LogP contribution in [0.5, 0.6) is 0 Å². The summed E-state index contributed by atoms with van der Waals surface area (Å²) in [6.45, 7) is 6.00. The molecule has 0 aliphatic rings. The topological polar surface area (TPSA) is 22.0 Å². The molecular weight excluding hydrogens is 186 g/mol. The first-order valence-electron chi connectivity index (χ1n) is 5.09. The van der Waals surface area contributed by atoms with Gasteiger partial charge in [-0.25, -0.2) is 0 Å². The third-order valence-electron chi connectivity index (χ3n) is 3.19. The van der Waals surface area contributed by atoms with Crippen molar-refractivity contribution in [2.24, 2.45) is 7.05 Å². The summed E-state index contributed by atoms with van der Waals surface area (Å²) < 4.78 is 2.06. The fourth-order valence-corrected chi connectivity index (χ4v) is 1.94. The van der Waals surface area contributed by atoms with Crippen molar-refractivity contribution < 1.29 is 0 Å². The van der Waals surface area contributed by atoms with Crippen LogP contribution < -0.4 is 5.43 Å². The van der Waals surface area contributed by atoms with Gasteiger partial charge in [0.15, 0.2) is 5.43 Å². The van der Waals surface area contributed by atoms with Gasteiger partial charge in [0.1, 0.15) is 0 Å². The van der Waals surface area contributed by atoms with Crippen molar-refractivity contribution in [3.05, 3.63) is 45.2 Å². The van der Waals surface area contributed by atoms with E-state index in [-0.39, 0.29) is 5.43 Å². The summed E-state index contributed by atoms with van der Waals surface area (Å²) in [7, 11) is 1.99. The molecule has 0 saturated carbocycles. The van der Waals surface area contributed by atoms with E-state index < -0.39 is 0 Å². The van der Waals surface area contributed by atoms with Crippen LogP contribution in [0.15, 0.2) is 23.0 Å². The number of hydrogen-bond acceptors (Lipinski definition) is 1. The largest absolute Gasteiger partial charge is 0.348 e. The van der Waals surface area contributed by atoms with Gasteiger partial charge in [0.25, 0.3) is 0 Å². The molecule has 0 unspecified atom stereocenters. The average molecular weight is 201 g/mol. The van der Waals surface area contributed by atoms with E-state index in [2.05, 4.69) is 10.6 Å². The number of aryl methyl sites for hydroxylation is 4. The van der Waals surface area contributed by atoms with Crippen molar-refractivity contribution in [1.29, 1.82) is 0 Å². The number of benzene rings is 1. The molecule has 1 aromatic carbocycles. The van der Waals surface area contributed by atoms with Gasteiger partial charge in [0.05, 0.1) is 5.52 Å². The average Bonchev–Trinajstić information content (AvgIpc) is 2.18. The molecule has 1 heterocycles. The molecular formula is C13H15NO. The molecule has 0 amide bonds. The molecule has 2 rings (SSSR count). The second-order valence-electron chi connectivity index (χ2n) is 4.11. The Morgan fingerprint density at radius 1 is 1.13 bits per heavy atom. The van der Waals surface area contributed by atoms with Crippen LogP contribution >= 0.6 is 0 Å². The maximum absolute atomic E-state index is 11.9. The van der Waals surface area contributed by atoms with Crippen molar-refractivity contribution in [3.63, 3.8) is 0 Å². The summed E-state index contributed by atoms with van der Waals surface area (Å²) >= 11 is 0. The predicted molar refractivity (Wildman–Crippen MR) is 63.4 cm³/mol. The Balaban J connectivity index is 3.10. The normalized spacial score (nSPS) is 10.9. The molecule has 2 nitrogen and oxygen atoms in total. The van der Waals surface area contributed by atoms with Gasteiger partial charge >= 0.3 is 0 Å². The molecule has 2 heteroatoms. The zero-order chi connectivity index (χ0) is 11.2. The number of aromatic nitrogens is 1. The molecule has 0 radical (unpaired) electrons. The van der Waals surface area contributed by atoms with Gasteiger partial charge in [-0.15, -0.1) is 0 Å². The zero-order valence-corrected chi connectivity index (χ0v) is 9.59. The third kappa shape index (κ3) is 1.37. The smallest absolute Gasteiger partial charge is 0.189 e. The van der Waals surface area contributed by atoms with Crippen molar-refractivity contribution in [2.75, 3.05) is 0 Å². The lowest BCUT2D eigenvalue weighted by atomic mass is 10.0. The molecule has 1 aromatic heterocycles. The molecule has 0 aliphatic heterocycles. The Hall–Kier alpha value is -1.57. The maximum Gasteiger partial charge on any atom is 0.189 e. The van der Waals surface area contributed by atoms with Crippen LogP contribution in [0.2, 0.25) is 0 Å².